The molecule has 3 rings (SSSR count). The van der Waals surface area contributed by atoms with E-state index in [1.807, 2.05) is 44.2 Å². The van der Waals surface area contributed by atoms with Crippen LogP contribution in [0.25, 0.3) is 0 Å². The van der Waals surface area contributed by atoms with Gasteiger partial charge in [0.05, 0.1) is 25.6 Å². The van der Waals surface area contributed by atoms with Crippen molar-refractivity contribution in [2.24, 2.45) is 4.99 Å². The Hall–Kier alpha value is -2.67. The number of nitrogens with zero attached hydrogens (tertiary/aromatic N) is 1. The fourth-order valence-corrected chi connectivity index (χ4v) is 2.85. The second kappa shape index (κ2) is 11.4. The molecule has 0 saturated carbocycles. The minimum atomic E-state index is 0.241. The first kappa shape index (κ1) is 21.0. The quantitative estimate of drug-likeness (QED) is 0.377. The molecule has 0 atom stereocenters. The summed E-state index contributed by atoms with van der Waals surface area (Å²) in [6.07, 6.45) is 4.46. The molecule has 1 aromatic heterocycles. The molecule has 7 nitrogen and oxygen atoms in total. The van der Waals surface area contributed by atoms with Gasteiger partial charge in [-0.05, 0) is 44.5 Å². The summed E-state index contributed by atoms with van der Waals surface area (Å²) in [7, 11) is 0. The van der Waals surface area contributed by atoms with Crippen molar-refractivity contribution in [3.8, 4) is 11.5 Å². The van der Waals surface area contributed by atoms with Crippen molar-refractivity contribution in [1.82, 2.24) is 5.32 Å². The Bertz CT molecular complexity index is 759. The number of benzene rings is 1. The number of ether oxygens (including phenoxy) is 3. The molecular formula is C22H31N3O4. The van der Waals surface area contributed by atoms with Crippen LogP contribution in [0.4, 0.5) is 5.69 Å². The van der Waals surface area contributed by atoms with E-state index in [9.17, 15) is 0 Å². The topological polar surface area (TPSA) is 77.2 Å². The first-order chi connectivity index (χ1) is 14.2. The van der Waals surface area contributed by atoms with Crippen LogP contribution in [-0.4, -0.2) is 45.0 Å². The Labute approximate surface area is 172 Å². The van der Waals surface area contributed by atoms with E-state index in [0.29, 0.717) is 32.9 Å². The third-order valence-corrected chi connectivity index (χ3v) is 4.28. The van der Waals surface area contributed by atoms with Crippen LogP contribution in [0, 0.1) is 0 Å². The van der Waals surface area contributed by atoms with Gasteiger partial charge in [-0.25, -0.2) is 0 Å². The van der Waals surface area contributed by atoms with Crippen LogP contribution in [0.1, 0.15) is 32.4 Å². The van der Waals surface area contributed by atoms with E-state index in [2.05, 4.69) is 15.6 Å². The van der Waals surface area contributed by atoms with Crippen LogP contribution < -0.4 is 20.1 Å². The highest BCUT2D eigenvalue weighted by Crippen LogP contribution is 2.32. The van der Waals surface area contributed by atoms with Gasteiger partial charge in [-0.2, -0.15) is 0 Å². The van der Waals surface area contributed by atoms with Gasteiger partial charge in [-0.1, -0.05) is 0 Å². The SMILES string of the molecule is CC(C)OCCCN=C(NCCc1ccco1)Nc1ccc2c(c1)OCCCO2. The molecular weight excluding hydrogens is 370 g/mol. The van der Waals surface area contributed by atoms with Gasteiger partial charge in [-0.15, -0.1) is 0 Å². The lowest BCUT2D eigenvalue weighted by Gasteiger charge is -2.14. The first-order valence-corrected chi connectivity index (χ1v) is 10.3. The summed E-state index contributed by atoms with van der Waals surface area (Å²) in [4.78, 5) is 4.68. The molecule has 158 valence electrons. The minimum Gasteiger partial charge on any atom is -0.490 e. The minimum absolute atomic E-state index is 0.241. The van der Waals surface area contributed by atoms with Crippen molar-refractivity contribution in [1.29, 1.82) is 0 Å². The maximum Gasteiger partial charge on any atom is 0.195 e. The molecule has 2 N–H and O–H groups in total. The average molecular weight is 402 g/mol. The number of fused-ring (bicyclic) bond motifs is 1. The third kappa shape index (κ3) is 7.34. The van der Waals surface area contributed by atoms with Crippen molar-refractivity contribution in [3.05, 3.63) is 42.4 Å². The fraction of sp³-hybridized carbons (Fsp3) is 0.500. The number of nitrogens with one attached hydrogen (secondary N) is 2. The summed E-state index contributed by atoms with van der Waals surface area (Å²) >= 11 is 0. The van der Waals surface area contributed by atoms with Gasteiger partial charge in [0.15, 0.2) is 17.5 Å². The molecule has 0 saturated heterocycles. The molecule has 0 fully saturated rings. The Balaban J connectivity index is 1.59. The summed E-state index contributed by atoms with van der Waals surface area (Å²) in [5, 5.41) is 6.73. The van der Waals surface area contributed by atoms with Gasteiger partial charge >= 0.3 is 0 Å². The van der Waals surface area contributed by atoms with E-state index < -0.39 is 0 Å². The summed E-state index contributed by atoms with van der Waals surface area (Å²) in [5.74, 6) is 3.20. The molecule has 0 bridgehead atoms. The number of guanidine groups is 1. The summed E-state index contributed by atoms with van der Waals surface area (Å²) < 4.78 is 22.5. The van der Waals surface area contributed by atoms with Crippen LogP contribution in [0.15, 0.2) is 46.0 Å². The molecule has 1 aromatic carbocycles. The first-order valence-electron chi connectivity index (χ1n) is 10.3. The van der Waals surface area contributed by atoms with Crippen LogP contribution in [0.2, 0.25) is 0 Å². The van der Waals surface area contributed by atoms with Crippen LogP contribution in [0.3, 0.4) is 0 Å². The number of hydrogen-bond acceptors (Lipinski definition) is 5. The van der Waals surface area contributed by atoms with E-state index in [1.165, 1.54) is 0 Å². The van der Waals surface area contributed by atoms with Gasteiger partial charge in [0.1, 0.15) is 5.76 Å². The lowest BCUT2D eigenvalue weighted by atomic mass is 10.2. The Kier molecular flexibility index (Phi) is 8.25. The van der Waals surface area contributed by atoms with E-state index in [-0.39, 0.29) is 6.10 Å². The van der Waals surface area contributed by atoms with Gasteiger partial charge in [-0.3, -0.25) is 4.99 Å². The predicted octanol–water partition coefficient (Wildman–Crippen LogP) is 3.86. The van der Waals surface area contributed by atoms with Crippen LogP contribution in [-0.2, 0) is 11.2 Å². The number of furan rings is 1. The fourth-order valence-electron chi connectivity index (χ4n) is 2.85. The molecule has 0 spiro atoms. The smallest absolute Gasteiger partial charge is 0.195 e. The Morgan fingerprint density at radius 1 is 1.17 bits per heavy atom. The third-order valence-electron chi connectivity index (χ3n) is 4.28. The molecule has 2 aromatic rings. The molecule has 2 heterocycles. The highest BCUT2D eigenvalue weighted by molar-refractivity contribution is 5.94. The molecule has 0 unspecified atom stereocenters. The predicted molar refractivity (Wildman–Crippen MR) is 114 cm³/mol. The van der Waals surface area contributed by atoms with Crippen LogP contribution in [0.5, 0.6) is 11.5 Å². The summed E-state index contributed by atoms with van der Waals surface area (Å²) in [6, 6.07) is 9.72. The van der Waals surface area contributed by atoms with E-state index in [0.717, 1.165) is 48.2 Å². The van der Waals surface area contributed by atoms with E-state index >= 15 is 0 Å². The van der Waals surface area contributed by atoms with Crippen molar-refractivity contribution in [2.45, 2.75) is 39.2 Å². The van der Waals surface area contributed by atoms with Crippen molar-refractivity contribution in [2.75, 3.05) is 38.2 Å². The van der Waals surface area contributed by atoms with Crippen molar-refractivity contribution in [3.63, 3.8) is 0 Å². The van der Waals surface area contributed by atoms with Gasteiger partial charge < -0.3 is 29.3 Å². The molecule has 0 aliphatic carbocycles. The Morgan fingerprint density at radius 3 is 2.83 bits per heavy atom. The lowest BCUT2D eigenvalue weighted by Crippen LogP contribution is -2.32. The van der Waals surface area contributed by atoms with E-state index in [1.54, 1.807) is 6.26 Å². The zero-order valence-electron chi connectivity index (χ0n) is 17.3. The second-order valence-corrected chi connectivity index (χ2v) is 7.10. The molecule has 1 aliphatic rings. The lowest BCUT2D eigenvalue weighted by molar-refractivity contribution is 0.0783. The molecule has 1 aliphatic heterocycles. The number of hydrogen-bond donors (Lipinski definition) is 2. The highest BCUT2D eigenvalue weighted by Gasteiger charge is 2.11. The maximum atomic E-state index is 5.78. The number of rotatable bonds is 9. The average Bonchev–Trinajstić information content (AvgIpc) is 3.11. The Morgan fingerprint density at radius 2 is 2.03 bits per heavy atom. The summed E-state index contributed by atoms with van der Waals surface area (Å²) in [6.45, 7) is 7.51. The standard InChI is InChI=1S/C22H31N3O4/c1-17(2)26-13-4-10-23-22(24-11-9-19-6-3-12-27-19)25-18-7-8-20-21(16-18)29-15-5-14-28-20/h3,6-8,12,16-17H,4-5,9-11,13-15H2,1-2H3,(H2,23,24,25). The monoisotopic (exact) mass is 401 g/mol. The van der Waals surface area contributed by atoms with Crippen molar-refractivity contribution < 1.29 is 18.6 Å². The molecule has 29 heavy (non-hydrogen) atoms. The maximum absolute atomic E-state index is 5.78. The largest absolute Gasteiger partial charge is 0.490 e. The molecule has 7 heteroatoms. The van der Waals surface area contributed by atoms with Gasteiger partial charge in [0, 0.05) is 44.3 Å². The van der Waals surface area contributed by atoms with Crippen molar-refractivity contribution >= 4 is 11.6 Å². The molecule has 0 radical (unpaired) electrons. The van der Waals surface area contributed by atoms with E-state index in [4.69, 9.17) is 18.6 Å². The zero-order chi connectivity index (χ0) is 20.3. The second-order valence-electron chi connectivity index (χ2n) is 7.10. The molecule has 0 amide bonds. The van der Waals surface area contributed by atoms with Crippen LogP contribution >= 0.6 is 0 Å². The van der Waals surface area contributed by atoms with Gasteiger partial charge in [0.25, 0.3) is 0 Å². The highest BCUT2D eigenvalue weighted by atomic mass is 16.5. The zero-order valence-corrected chi connectivity index (χ0v) is 17.3. The number of anilines is 1. The normalized spacial score (nSPS) is 14.0. The summed E-state index contributed by atoms with van der Waals surface area (Å²) in [5.41, 5.74) is 0.900. The number of aliphatic imine (C=N–C) groups is 1. The van der Waals surface area contributed by atoms with Gasteiger partial charge in [0.2, 0.25) is 0 Å².